The normalized spacial score (nSPS) is 10.4. The van der Waals surface area contributed by atoms with Crippen LogP contribution in [0.1, 0.15) is 24.5 Å². The van der Waals surface area contributed by atoms with Crippen molar-refractivity contribution < 1.29 is 9.59 Å². The van der Waals surface area contributed by atoms with Crippen molar-refractivity contribution in [3.8, 4) is 0 Å². The predicted octanol–water partition coefficient (Wildman–Crippen LogP) is 4.99. The van der Waals surface area contributed by atoms with Crippen molar-refractivity contribution in [2.75, 3.05) is 16.8 Å². The smallest absolute Gasteiger partial charge is 0.226 e. The molecule has 6 heteroatoms. The van der Waals surface area contributed by atoms with Crippen LogP contribution < -0.4 is 10.2 Å². The summed E-state index contributed by atoms with van der Waals surface area (Å²) in [7, 11) is 0. The lowest BCUT2D eigenvalue weighted by atomic mass is 10.1. The van der Waals surface area contributed by atoms with Gasteiger partial charge in [0, 0.05) is 41.3 Å². The largest absolute Gasteiger partial charge is 0.326 e. The molecule has 0 fully saturated rings. The number of hydrogen-bond donors (Lipinski definition) is 1. The van der Waals surface area contributed by atoms with Crippen LogP contribution in [0.4, 0.5) is 11.4 Å². The number of aryl methyl sites for hydroxylation is 2. The maximum Gasteiger partial charge on any atom is 0.226 e. The lowest BCUT2D eigenvalue weighted by Crippen LogP contribution is -2.32. The number of amides is 2. The minimum atomic E-state index is -0.214. The second-order valence-corrected chi connectivity index (χ2v) is 6.85. The standard InChI is InChI=1S/C19H20Cl2N2O2/c1-12-6-13(2)8-18(7-12)23(14(3)24)5-4-19(25)22-17-10-15(20)9-16(21)11-17/h6-11H,4-5H2,1-3H3,(H,22,25). The molecule has 0 aromatic heterocycles. The summed E-state index contributed by atoms with van der Waals surface area (Å²) in [6.07, 6.45) is 0.163. The van der Waals surface area contributed by atoms with Gasteiger partial charge in [-0.15, -0.1) is 0 Å². The van der Waals surface area contributed by atoms with E-state index >= 15 is 0 Å². The summed E-state index contributed by atoms with van der Waals surface area (Å²) in [6, 6.07) is 10.7. The first kappa shape index (κ1) is 19.3. The van der Waals surface area contributed by atoms with Gasteiger partial charge in [-0.2, -0.15) is 0 Å². The highest BCUT2D eigenvalue weighted by Gasteiger charge is 2.14. The average molecular weight is 379 g/mol. The second-order valence-electron chi connectivity index (χ2n) is 5.97. The van der Waals surface area contributed by atoms with Gasteiger partial charge in [-0.25, -0.2) is 0 Å². The molecule has 0 spiro atoms. The number of carbonyl (C=O) groups excluding carboxylic acids is 2. The van der Waals surface area contributed by atoms with Crippen LogP contribution >= 0.6 is 23.2 Å². The number of anilines is 2. The van der Waals surface area contributed by atoms with Crippen molar-refractivity contribution in [2.24, 2.45) is 0 Å². The molecule has 0 saturated carbocycles. The molecular weight excluding hydrogens is 359 g/mol. The first-order valence-corrected chi connectivity index (χ1v) is 8.62. The molecule has 0 aliphatic heterocycles. The summed E-state index contributed by atoms with van der Waals surface area (Å²) in [4.78, 5) is 25.8. The van der Waals surface area contributed by atoms with Crippen molar-refractivity contribution in [1.82, 2.24) is 0 Å². The molecule has 0 radical (unpaired) electrons. The van der Waals surface area contributed by atoms with Crippen LogP contribution in [0.3, 0.4) is 0 Å². The zero-order chi connectivity index (χ0) is 18.6. The number of benzene rings is 2. The van der Waals surface area contributed by atoms with Gasteiger partial charge in [-0.1, -0.05) is 29.3 Å². The van der Waals surface area contributed by atoms with E-state index in [1.165, 1.54) is 6.92 Å². The Hall–Kier alpha value is -2.04. The molecule has 2 aromatic rings. The lowest BCUT2D eigenvalue weighted by Gasteiger charge is -2.22. The van der Waals surface area contributed by atoms with E-state index in [0.717, 1.165) is 16.8 Å². The van der Waals surface area contributed by atoms with Crippen molar-refractivity contribution in [3.63, 3.8) is 0 Å². The quantitative estimate of drug-likeness (QED) is 0.796. The maximum absolute atomic E-state index is 12.2. The van der Waals surface area contributed by atoms with E-state index in [2.05, 4.69) is 5.32 Å². The van der Waals surface area contributed by atoms with Crippen LogP contribution in [-0.2, 0) is 9.59 Å². The summed E-state index contributed by atoms with van der Waals surface area (Å²) in [6.45, 7) is 5.74. The molecule has 2 amide bonds. The monoisotopic (exact) mass is 378 g/mol. The molecule has 0 bridgehead atoms. The fourth-order valence-corrected chi connectivity index (χ4v) is 3.16. The van der Waals surface area contributed by atoms with Crippen LogP contribution in [0.2, 0.25) is 10.0 Å². The number of hydrogen-bond acceptors (Lipinski definition) is 2. The molecule has 0 heterocycles. The molecule has 1 N–H and O–H groups in total. The lowest BCUT2D eigenvalue weighted by molar-refractivity contribution is -0.117. The third-order valence-electron chi connectivity index (χ3n) is 3.61. The highest BCUT2D eigenvalue weighted by Crippen LogP contribution is 2.23. The Morgan fingerprint density at radius 2 is 1.52 bits per heavy atom. The minimum Gasteiger partial charge on any atom is -0.326 e. The number of halogens is 2. The molecule has 0 aliphatic rings. The van der Waals surface area contributed by atoms with E-state index in [-0.39, 0.29) is 18.2 Å². The Labute approximate surface area is 157 Å². The SMILES string of the molecule is CC(=O)N(CCC(=O)Nc1cc(Cl)cc(Cl)c1)c1cc(C)cc(C)c1. The third-order valence-corrected chi connectivity index (χ3v) is 4.04. The van der Waals surface area contributed by atoms with Gasteiger partial charge in [0.25, 0.3) is 0 Å². The second kappa shape index (κ2) is 8.37. The van der Waals surface area contributed by atoms with Crippen molar-refractivity contribution >= 4 is 46.4 Å². The Bertz CT molecular complexity index is 766. The van der Waals surface area contributed by atoms with Gasteiger partial charge in [0.05, 0.1) is 0 Å². The van der Waals surface area contributed by atoms with Gasteiger partial charge < -0.3 is 10.2 Å². The van der Waals surface area contributed by atoms with Gasteiger partial charge in [0.15, 0.2) is 0 Å². The first-order valence-electron chi connectivity index (χ1n) is 7.87. The van der Waals surface area contributed by atoms with Gasteiger partial charge in [0.2, 0.25) is 11.8 Å². The molecule has 4 nitrogen and oxygen atoms in total. The Kier molecular flexibility index (Phi) is 6.45. The van der Waals surface area contributed by atoms with E-state index in [1.54, 1.807) is 23.1 Å². The van der Waals surface area contributed by atoms with Crippen LogP contribution in [0.25, 0.3) is 0 Å². The van der Waals surface area contributed by atoms with E-state index < -0.39 is 0 Å². The number of nitrogens with zero attached hydrogens (tertiary/aromatic N) is 1. The van der Waals surface area contributed by atoms with Gasteiger partial charge in [-0.05, 0) is 55.3 Å². The first-order chi connectivity index (χ1) is 11.7. The molecule has 2 aromatic carbocycles. The van der Waals surface area contributed by atoms with E-state index in [0.29, 0.717) is 22.3 Å². The maximum atomic E-state index is 12.2. The Morgan fingerprint density at radius 1 is 0.960 bits per heavy atom. The molecule has 0 aliphatic carbocycles. The van der Waals surface area contributed by atoms with E-state index in [1.807, 2.05) is 32.0 Å². The van der Waals surface area contributed by atoms with E-state index in [4.69, 9.17) is 23.2 Å². The van der Waals surface area contributed by atoms with Crippen LogP contribution in [0.5, 0.6) is 0 Å². The highest BCUT2D eigenvalue weighted by atomic mass is 35.5. The van der Waals surface area contributed by atoms with Crippen LogP contribution in [0.15, 0.2) is 36.4 Å². The average Bonchev–Trinajstić information content (AvgIpc) is 2.44. The predicted molar refractivity (Wildman–Crippen MR) is 104 cm³/mol. The zero-order valence-electron chi connectivity index (χ0n) is 14.4. The molecule has 2 rings (SSSR count). The summed E-state index contributed by atoms with van der Waals surface area (Å²) < 4.78 is 0. The fourth-order valence-electron chi connectivity index (χ4n) is 2.64. The third kappa shape index (κ3) is 5.76. The molecule has 0 unspecified atom stereocenters. The Morgan fingerprint density at radius 3 is 2.04 bits per heavy atom. The summed E-state index contributed by atoms with van der Waals surface area (Å²) >= 11 is 11.8. The summed E-state index contributed by atoms with van der Waals surface area (Å²) in [5, 5.41) is 3.64. The minimum absolute atomic E-state index is 0.108. The van der Waals surface area contributed by atoms with E-state index in [9.17, 15) is 9.59 Å². The number of nitrogens with one attached hydrogen (secondary N) is 1. The van der Waals surface area contributed by atoms with Gasteiger partial charge in [0.1, 0.15) is 0 Å². The molecule has 0 atom stereocenters. The van der Waals surface area contributed by atoms with Crippen molar-refractivity contribution in [2.45, 2.75) is 27.2 Å². The van der Waals surface area contributed by atoms with Crippen LogP contribution in [0, 0.1) is 13.8 Å². The summed E-state index contributed by atoms with van der Waals surface area (Å²) in [5.41, 5.74) is 3.46. The number of carbonyl (C=O) groups is 2. The molecule has 132 valence electrons. The Balaban J connectivity index is 2.05. The van der Waals surface area contributed by atoms with Gasteiger partial charge >= 0.3 is 0 Å². The summed E-state index contributed by atoms with van der Waals surface area (Å²) in [5.74, 6) is -0.322. The van der Waals surface area contributed by atoms with Crippen LogP contribution in [-0.4, -0.2) is 18.4 Å². The highest BCUT2D eigenvalue weighted by molar-refractivity contribution is 6.35. The molecular formula is C19H20Cl2N2O2. The molecule has 0 saturated heterocycles. The zero-order valence-corrected chi connectivity index (χ0v) is 15.9. The fraction of sp³-hybridized carbons (Fsp3) is 0.263. The van der Waals surface area contributed by atoms with Gasteiger partial charge in [-0.3, -0.25) is 9.59 Å². The topological polar surface area (TPSA) is 49.4 Å². The molecule has 25 heavy (non-hydrogen) atoms. The number of rotatable bonds is 5. The van der Waals surface area contributed by atoms with Crippen molar-refractivity contribution in [1.29, 1.82) is 0 Å². The van der Waals surface area contributed by atoms with Crippen molar-refractivity contribution in [3.05, 3.63) is 57.6 Å².